The van der Waals surface area contributed by atoms with Gasteiger partial charge < -0.3 is 10.5 Å². The molecule has 0 aromatic heterocycles. The van der Waals surface area contributed by atoms with E-state index in [1.807, 2.05) is 12.1 Å². The van der Waals surface area contributed by atoms with Gasteiger partial charge >= 0.3 is 5.97 Å². The van der Waals surface area contributed by atoms with Crippen LogP contribution in [0.15, 0.2) is 24.3 Å². The van der Waals surface area contributed by atoms with Crippen LogP contribution in [0.4, 0.5) is 0 Å². The van der Waals surface area contributed by atoms with E-state index in [0.717, 1.165) is 31.7 Å². The zero-order chi connectivity index (χ0) is 13.7. The van der Waals surface area contributed by atoms with E-state index < -0.39 is 0 Å². The summed E-state index contributed by atoms with van der Waals surface area (Å²) in [6.07, 6.45) is 2.44. The second-order valence-corrected chi connectivity index (χ2v) is 5.17. The predicted octanol–water partition coefficient (Wildman–Crippen LogP) is 1.64. The van der Waals surface area contributed by atoms with Crippen LogP contribution in [0.5, 0.6) is 0 Å². The standard InChI is InChI=1S/C15H22N2O2/c1-19-15(18)14-6-2-4-12(8-14)10-17-7-3-5-13(9-16)11-17/h2,4,6,8,13H,3,5,7,9-11,16H2,1H3. The molecule has 19 heavy (non-hydrogen) atoms. The van der Waals surface area contributed by atoms with Crippen molar-refractivity contribution in [3.63, 3.8) is 0 Å². The zero-order valence-corrected chi connectivity index (χ0v) is 11.5. The average molecular weight is 262 g/mol. The van der Waals surface area contributed by atoms with Crippen molar-refractivity contribution in [2.75, 3.05) is 26.7 Å². The Morgan fingerprint density at radius 2 is 2.37 bits per heavy atom. The lowest BCUT2D eigenvalue weighted by Crippen LogP contribution is -2.37. The summed E-state index contributed by atoms with van der Waals surface area (Å²) in [4.78, 5) is 13.9. The number of esters is 1. The van der Waals surface area contributed by atoms with Gasteiger partial charge in [-0.1, -0.05) is 12.1 Å². The Hall–Kier alpha value is -1.39. The van der Waals surface area contributed by atoms with Crippen LogP contribution >= 0.6 is 0 Å². The van der Waals surface area contributed by atoms with Crippen molar-refractivity contribution in [2.24, 2.45) is 11.7 Å². The highest BCUT2D eigenvalue weighted by atomic mass is 16.5. The molecule has 1 atom stereocenters. The number of ether oxygens (including phenoxy) is 1. The lowest BCUT2D eigenvalue weighted by molar-refractivity contribution is 0.0600. The second kappa shape index (κ2) is 6.68. The first-order valence-electron chi connectivity index (χ1n) is 6.82. The van der Waals surface area contributed by atoms with E-state index >= 15 is 0 Å². The third-order valence-corrected chi connectivity index (χ3v) is 3.69. The van der Waals surface area contributed by atoms with Gasteiger partial charge in [-0.15, -0.1) is 0 Å². The number of likely N-dealkylation sites (tertiary alicyclic amines) is 1. The van der Waals surface area contributed by atoms with Gasteiger partial charge in [0.2, 0.25) is 0 Å². The molecule has 0 amide bonds. The first kappa shape index (κ1) is 14.0. The fraction of sp³-hybridized carbons (Fsp3) is 0.533. The van der Waals surface area contributed by atoms with Gasteiger partial charge in [0.25, 0.3) is 0 Å². The Bertz CT molecular complexity index is 434. The number of carbonyl (C=O) groups is 1. The number of carbonyl (C=O) groups excluding carboxylic acids is 1. The first-order valence-corrected chi connectivity index (χ1v) is 6.82. The molecule has 4 nitrogen and oxygen atoms in total. The van der Waals surface area contributed by atoms with Gasteiger partial charge in [0.15, 0.2) is 0 Å². The van der Waals surface area contributed by atoms with Crippen molar-refractivity contribution in [1.29, 1.82) is 0 Å². The maximum Gasteiger partial charge on any atom is 0.337 e. The first-order chi connectivity index (χ1) is 9.22. The summed E-state index contributed by atoms with van der Waals surface area (Å²) in [5.74, 6) is 0.331. The smallest absolute Gasteiger partial charge is 0.337 e. The summed E-state index contributed by atoms with van der Waals surface area (Å²) in [7, 11) is 1.41. The van der Waals surface area contributed by atoms with Gasteiger partial charge in [-0.3, -0.25) is 4.90 Å². The number of hydrogen-bond donors (Lipinski definition) is 1. The summed E-state index contributed by atoms with van der Waals surface area (Å²) in [6, 6.07) is 7.66. The zero-order valence-electron chi connectivity index (χ0n) is 11.5. The number of nitrogens with two attached hydrogens (primary N) is 1. The van der Waals surface area contributed by atoms with Gasteiger partial charge in [-0.05, 0) is 49.5 Å². The van der Waals surface area contributed by atoms with Crippen LogP contribution in [0.1, 0.15) is 28.8 Å². The number of piperidine rings is 1. The minimum absolute atomic E-state index is 0.277. The number of rotatable bonds is 4. The summed E-state index contributed by atoms with van der Waals surface area (Å²) >= 11 is 0. The minimum atomic E-state index is -0.277. The Balaban J connectivity index is 2.00. The van der Waals surface area contributed by atoms with Gasteiger partial charge in [0.05, 0.1) is 12.7 Å². The van der Waals surface area contributed by atoms with Crippen LogP contribution < -0.4 is 5.73 Å². The van der Waals surface area contributed by atoms with Crippen LogP contribution in [-0.2, 0) is 11.3 Å². The van der Waals surface area contributed by atoms with Crippen LogP contribution in [0.3, 0.4) is 0 Å². The average Bonchev–Trinajstić information content (AvgIpc) is 2.47. The van der Waals surface area contributed by atoms with Gasteiger partial charge in [0.1, 0.15) is 0 Å². The quantitative estimate of drug-likeness (QED) is 0.838. The number of hydrogen-bond acceptors (Lipinski definition) is 4. The Kier molecular flexibility index (Phi) is 4.93. The SMILES string of the molecule is COC(=O)c1cccc(CN2CCCC(CN)C2)c1. The van der Waals surface area contributed by atoms with E-state index in [1.54, 1.807) is 6.07 Å². The molecule has 1 heterocycles. The molecular formula is C15H22N2O2. The minimum Gasteiger partial charge on any atom is -0.465 e. The highest BCUT2D eigenvalue weighted by molar-refractivity contribution is 5.89. The van der Waals surface area contributed by atoms with Crippen molar-refractivity contribution in [3.8, 4) is 0 Å². The van der Waals surface area contributed by atoms with E-state index in [0.29, 0.717) is 11.5 Å². The maximum absolute atomic E-state index is 11.5. The highest BCUT2D eigenvalue weighted by Crippen LogP contribution is 2.18. The van der Waals surface area contributed by atoms with Crippen LogP contribution in [0, 0.1) is 5.92 Å². The topological polar surface area (TPSA) is 55.6 Å². The summed E-state index contributed by atoms with van der Waals surface area (Å²) in [5, 5.41) is 0. The third kappa shape index (κ3) is 3.78. The number of benzene rings is 1. The third-order valence-electron chi connectivity index (χ3n) is 3.69. The van der Waals surface area contributed by atoms with Crippen LogP contribution in [-0.4, -0.2) is 37.6 Å². The van der Waals surface area contributed by atoms with Gasteiger partial charge in [0, 0.05) is 13.1 Å². The van der Waals surface area contributed by atoms with Crippen molar-refractivity contribution in [1.82, 2.24) is 4.90 Å². The Morgan fingerprint density at radius 3 is 3.11 bits per heavy atom. The molecule has 2 N–H and O–H groups in total. The summed E-state index contributed by atoms with van der Waals surface area (Å²) in [6.45, 7) is 3.80. The summed E-state index contributed by atoms with van der Waals surface area (Å²) in [5.41, 5.74) is 7.52. The predicted molar refractivity (Wildman–Crippen MR) is 74.8 cm³/mol. The van der Waals surface area contributed by atoms with Crippen LogP contribution in [0.25, 0.3) is 0 Å². The molecule has 1 aliphatic rings. The molecule has 0 radical (unpaired) electrons. The van der Waals surface area contributed by atoms with E-state index in [1.165, 1.54) is 20.0 Å². The molecule has 1 fully saturated rings. The fourth-order valence-corrected chi connectivity index (χ4v) is 2.66. The molecule has 0 bridgehead atoms. The van der Waals surface area contributed by atoms with Crippen molar-refractivity contribution < 1.29 is 9.53 Å². The lowest BCUT2D eigenvalue weighted by atomic mass is 9.98. The molecule has 4 heteroatoms. The molecule has 1 aliphatic heterocycles. The molecule has 104 valence electrons. The number of nitrogens with zero attached hydrogens (tertiary/aromatic N) is 1. The molecule has 0 aliphatic carbocycles. The van der Waals surface area contributed by atoms with E-state index in [9.17, 15) is 4.79 Å². The van der Waals surface area contributed by atoms with Crippen molar-refractivity contribution in [2.45, 2.75) is 19.4 Å². The Labute approximate surface area is 114 Å². The highest BCUT2D eigenvalue weighted by Gasteiger charge is 2.18. The molecule has 1 aromatic carbocycles. The Morgan fingerprint density at radius 1 is 1.53 bits per heavy atom. The summed E-state index contributed by atoms with van der Waals surface area (Å²) < 4.78 is 4.75. The maximum atomic E-state index is 11.5. The van der Waals surface area contributed by atoms with Gasteiger partial charge in [-0.25, -0.2) is 4.79 Å². The number of methoxy groups -OCH3 is 1. The largest absolute Gasteiger partial charge is 0.465 e. The molecule has 1 aromatic rings. The van der Waals surface area contributed by atoms with Crippen molar-refractivity contribution in [3.05, 3.63) is 35.4 Å². The monoisotopic (exact) mass is 262 g/mol. The van der Waals surface area contributed by atoms with Gasteiger partial charge in [-0.2, -0.15) is 0 Å². The fourth-order valence-electron chi connectivity index (χ4n) is 2.66. The van der Waals surface area contributed by atoms with Crippen LogP contribution in [0.2, 0.25) is 0 Å². The second-order valence-electron chi connectivity index (χ2n) is 5.17. The molecular weight excluding hydrogens is 240 g/mol. The molecule has 1 saturated heterocycles. The van der Waals surface area contributed by atoms with E-state index in [-0.39, 0.29) is 5.97 Å². The molecule has 1 unspecified atom stereocenters. The lowest BCUT2D eigenvalue weighted by Gasteiger charge is -2.32. The molecule has 0 spiro atoms. The molecule has 0 saturated carbocycles. The molecule has 2 rings (SSSR count). The van der Waals surface area contributed by atoms with E-state index in [4.69, 9.17) is 10.5 Å². The normalized spacial score (nSPS) is 20.2. The van der Waals surface area contributed by atoms with Crippen molar-refractivity contribution >= 4 is 5.97 Å². The van der Waals surface area contributed by atoms with E-state index in [2.05, 4.69) is 11.0 Å².